The molecule has 28 heavy (non-hydrogen) atoms. The lowest BCUT2D eigenvalue weighted by atomic mass is 10.1. The minimum atomic E-state index is -1.51. The van der Waals surface area contributed by atoms with Crippen molar-refractivity contribution in [1.82, 2.24) is 5.32 Å². The molecule has 1 aliphatic heterocycles. The Balaban J connectivity index is 1.89. The number of carboxylic acid groups (broad SMARTS) is 1. The molecule has 8 nitrogen and oxygen atoms in total. The highest BCUT2D eigenvalue weighted by Crippen LogP contribution is 2.24. The Kier molecular flexibility index (Phi) is 5.18. The van der Waals surface area contributed by atoms with E-state index in [1.807, 2.05) is 5.32 Å². The van der Waals surface area contributed by atoms with Crippen LogP contribution in [0.1, 0.15) is 10.4 Å². The number of rotatable bonds is 4. The van der Waals surface area contributed by atoms with Crippen molar-refractivity contribution in [3.63, 3.8) is 0 Å². The lowest BCUT2D eigenvalue weighted by Gasteiger charge is -2.28. The van der Waals surface area contributed by atoms with Gasteiger partial charge in [-0.05, 0) is 42.5 Å². The molecule has 0 radical (unpaired) electrons. The molecule has 0 saturated carbocycles. The highest BCUT2D eigenvalue weighted by molar-refractivity contribution is 6.34. The van der Waals surface area contributed by atoms with Crippen LogP contribution in [0.2, 0.25) is 5.02 Å². The van der Waals surface area contributed by atoms with Gasteiger partial charge in [-0.3, -0.25) is 19.9 Å². The summed E-state index contributed by atoms with van der Waals surface area (Å²) in [6, 6.07) is 7.33. The molecule has 3 rings (SSSR count). The third-order valence-corrected chi connectivity index (χ3v) is 4.16. The maximum atomic E-state index is 13.1. The van der Waals surface area contributed by atoms with Crippen LogP contribution in [0.15, 0.2) is 47.5 Å². The van der Waals surface area contributed by atoms with E-state index in [0.717, 1.165) is 24.4 Å². The number of hydrogen-bond acceptors (Lipinski definition) is 6. The standard InChI is InChI=1S/C18H11ClFN3O5/c19-14-6-3-10(7-12(14)17(26)27)21-8-13-15(24)22-18(28)23(16(13)25)11-4-1-9(20)2-5-11/h1-8,13H,(H,26,27)(H,22,24,28)/p-1/t13-/m0/s1. The number of aromatic carboxylic acids is 1. The second kappa shape index (κ2) is 7.57. The van der Waals surface area contributed by atoms with E-state index in [2.05, 4.69) is 4.99 Å². The fraction of sp³-hybridized carbons (Fsp3) is 0.0556. The largest absolute Gasteiger partial charge is 0.545 e. The van der Waals surface area contributed by atoms with Crippen LogP contribution >= 0.6 is 11.6 Å². The number of amides is 4. The number of barbiturate groups is 1. The number of carboxylic acids is 1. The molecule has 1 heterocycles. The van der Waals surface area contributed by atoms with E-state index in [1.165, 1.54) is 24.3 Å². The molecule has 1 saturated heterocycles. The highest BCUT2D eigenvalue weighted by Gasteiger charge is 2.40. The van der Waals surface area contributed by atoms with Gasteiger partial charge in [-0.25, -0.2) is 14.1 Å². The summed E-state index contributed by atoms with van der Waals surface area (Å²) in [6.45, 7) is 0. The first-order chi connectivity index (χ1) is 13.3. The average molecular weight is 403 g/mol. The number of halogens is 2. The van der Waals surface area contributed by atoms with E-state index in [-0.39, 0.29) is 22.0 Å². The summed E-state index contributed by atoms with van der Waals surface area (Å²) in [5.74, 6) is -5.31. The highest BCUT2D eigenvalue weighted by atomic mass is 35.5. The van der Waals surface area contributed by atoms with Crippen LogP contribution in [-0.2, 0) is 9.59 Å². The van der Waals surface area contributed by atoms with Crippen LogP contribution < -0.4 is 15.3 Å². The number of carbonyl (C=O) groups is 4. The Labute approximate surface area is 162 Å². The van der Waals surface area contributed by atoms with Gasteiger partial charge in [0.25, 0.3) is 5.91 Å². The molecular weight excluding hydrogens is 393 g/mol. The van der Waals surface area contributed by atoms with Gasteiger partial charge in [0.05, 0.1) is 17.3 Å². The van der Waals surface area contributed by atoms with Gasteiger partial charge in [0.15, 0.2) is 5.92 Å². The first-order valence-corrected chi connectivity index (χ1v) is 8.15. The van der Waals surface area contributed by atoms with Crippen LogP contribution in [-0.4, -0.2) is 30.0 Å². The van der Waals surface area contributed by atoms with Crippen molar-refractivity contribution in [2.45, 2.75) is 0 Å². The van der Waals surface area contributed by atoms with Crippen molar-refractivity contribution in [3.8, 4) is 0 Å². The van der Waals surface area contributed by atoms with Gasteiger partial charge in [0, 0.05) is 16.8 Å². The van der Waals surface area contributed by atoms with Gasteiger partial charge in [0.2, 0.25) is 5.91 Å². The molecule has 4 amide bonds. The monoisotopic (exact) mass is 402 g/mol. The lowest BCUT2D eigenvalue weighted by Crippen LogP contribution is -2.58. The van der Waals surface area contributed by atoms with Crippen molar-refractivity contribution in [2.75, 3.05) is 4.90 Å². The molecule has 142 valence electrons. The molecule has 1 aliphatic rings. The molecular formula is C18H10ClFN3O5-. The summed E-state index contributed by atoms with van der Waals surface area (Å²) in [6.07, 6.45) is 0.975. The van der Waals surface area contributed by atoms with Crippen molar-refractivity contribution in [2.24, 2.45) is 10.9 Å². The lowest BCUT2D eigenvalue weighted by molar-refractivity contribution is -0.255. The van der Waals surface area contributed by atoms with Crippen LogP contribution in [0, 0.1) is 11.7 Å². The Bertz CT molecular complexity index is 1020. The third-order valence-electron chi connectivity index (χ3n) is 3.83. The van der Waals surface area contributed by atoms with Gasteiger partial charge in [-0.1, -0.05) is 11.6 Å². The second-order valence-corrected chi connectivity index (χ2v) is 6.06. The topological polar surface area (TPSA) is 119 Å². The maximum absolute atomic E-state index is 13.1. The van der Waals surface area contributed by atoms with Gasteiger partial charge in [-0.2, -0.15) is 0 Å². The number of aliphatic imine (C=N–C) groups is 1. The van der Waals surface area contributed by atoms with Crippen LogP contribution in [0.3, 0.4) is 0 Å². The Hall–Kier alpha value is -3.59. The van der Waals surface area contributed by atoms with Gasteiger partial charge < -0.3 is 9.90 Å². The molecule has 0 spiro atoms. The quantitative estimate of drug-likeness (QED) is 0.613. The number of benzene rings is 2. The zero-order valence-corrected chi connectivity index (χ0v) is 14.6. The van der Waals surface area contributed by atoms with E-state index in [4.69, 9.17) is 11.6 Å². The molecule has 2 aromatic rings. The fourth-order valence-electron chi connectivity index (χ4n) is 2.47. The predicted molar refractivity (Wildman–Crippen MR) is 94.8 cm³/mol. The van der Waals surface area contributed by atoms with E-state index in [1.54, 1.807) is 0 Å². The fourth-order valence-corrected chi connectivity index (χ4v) is 2.66. The molecule has 0 aromatic heterocycles. The molecule has 10 heteroatoms. The Morgan fingerprint density at radius 3 is 2.50 bits per heavy atom. The number of hydrogen-bond donors (Lipinski definition) is 1. The summed E-state index contributed by atoms with van der Waals surface area (Å²) in [4.78, 5) is 52.3. The smallest absolute Gasteiger partial charge is 0.335 e. The van der Waals surface area contributed by atoms with E-state index < -0.39 is 35.5 Å². The van der Waals surface area contributed by atoms with E-state index in [0.29, 0.717) is 4.90 Å². The normalized spacial score (nSPS) is 17.1. The molecule has 1 atom stereocenters. The third kappa shape index (κ3) is 3.74. The molecule has 0 bridgehead atoms. The van der Waals surface area contributed by atoms with Crippen LogP contribution in [0.5, 0.6) is 0 Å². The Morgan fingerprint density at radius 1 is 1.18 bits per heavy atom. The number of nitrogens with one attached hydrogen (secondary N) is 1. The molecule has 0 aliphatic carbocycles. The summed E-state index contributed by atoms with van der Waals surface area (Å²) in [7, 11) is 0. The first kappa shape index (κ1) is 19.2. The maximum Gasteiger partial charge on any atom is 0.335 e. The average Bonchev–Trinajstić information content (AvgIpc) is 2.63. The van der Waals surface area contributed by atoms with Gasteiger partial charge in [0.1, 0.15) is 5.82 Å². The molecule has 2 aromatic carbocycles. The molecule has 0 unspecified atom stereocenters. The number of imide groups is 2. The first-order valence-electron chi connectivity index (χ1n) is 7.77. The number of nitrogens with zero attached hydrogens (tertiary/aromatic N) is 2. The predicted octanol–water partition coefficient (Wildman–Crippen LogP) is 1.44. The van der Waals surface area contributed by atoms with Crippen molar-refractivity contribution in [1.29, 1.82) is 0 Å². The zero-order chi connectivity index (χ0) is 20.4. The summed E-state index contributed by atoms with van der Waals surface area (Å²) < 4.78 is 13.1. The summed E-state index contributed by atoms with van der Waals surface area (Å²) >= 11 is 5.74. The van der Waals surface area contributed by atoms with E-state index >= 15 is 0 Å². The van der Waals surface area contributed by atoms with Crippen molar-refractivity contribution in [3.05, 3.63) is 58.9 Å². The SMILES string of the molecule is O=C([O-])c1cc(N=C[C@H]2C(=O)NC(=O)N(c3ccc(F)cc3)C2=O)ccc1Cl. The number of carbonyl (C=O) groups excluding carboxylic acids is 4. The van der Waals surface area contributed by atoms with Gasteiger partial charge >= 0.3 is 6.03 Å². The van der Waals surface area contributed by atoms with Crippen molar-refractivity contribution < 1.29 is 28.7 Å². The minimum absolute atomic E-state index is 0.0569. The van der Waals surface area contributed by atoms with Crippen LogP contribution in [0.4, 0.5) is 20.6 Å². The zero-order valence-electron chi connectivity index (χ0n) is 13.9. The van der Waals surface area contributed by atoms with Crippen LogP contribution in [0.25, 0.3) is 0 Å². The second-order valence-electron chi connectivity index (χ2n) is 5.65. The summed E-state index contributed by atoms with van der Waals surface area (Å²) in [5, 5.41) is 13.0. The number of urea groups is 1. The van der Waals surface area contributed by atoms with E-state index in [9.17, 15) is 28.7 Å². The minimum Gasteiger partial charge on any atom is -0.545 e. The molecule has 1 fully saturated rings. The van der Waals surface area contributed by atoms with Gasteiger partial charge in [-0.15, -0.1) is 0 Å². The van der Waals surface area contributed by atoms with Crippen molar-refractivity contribution >= 4 is 53.0 Å². The molecule has 1 N–H and O–H groups in total. The number of anilines is 1. The Morgan fingerprint density at radius 2 is 1.86 bits per heavy atom. The summed E-state index contributed by atoms with van der Waals surface area (Å²) in [5.41, 5.74) is -0.131.